The van der Waals surface area contributed by atoms with Crippen molar-refractivity contribution >= 4 is 21.6 Å². The van der Waals surface area contributed by atoms with Crippen LogP contribution in [0.1, 0.15) is 55.5 Å². The Kier molecular flexibility index (Phi) is 5.47. The number of carbonyl (C=O) groups excluding carboxylic acids is 1. The number of hydrogen-bond donors (Lipinski definition) is 1. The first-order valence-corrected chi connectivity index (χ1v) is 12.2. The minimum absolute atomic E-state index is 0.0784. The molecule has 0 atom stereocenters. The van der Waals surface area contributed by atoms with Crippen LogP contribution >= 0.6 is 0 Å². The highest BCUT2D eigenvalue weighted by molar-refractivity contribution is 7.90. The molecular weight excluding hydrogens is 410 g/mol. The summed E-state index contributed by atoms with van der Waals surface area (Å²) < 4.78 is 26.0. The van der Waals surface area contributed by atoms with Gasteiger partial charge < -0.3 is 5.32 Å². The normalized spacial score (nSPS) is 15.1. The third-order valence-corrected chi connectivity index (χ3v) is 6.92. The minimum atomic E-state index is -3.22. The molecule has 6 nitrogen and oxygen atoms in total. The van der Waals surface area contributed by atoms with Crippen LogP contribution in [0.2, 0.25) is 0 Å². The Balaban J connectivity index is 1.65. The molecule has 0 aliphatic carbocycles. The smallest absolute Gasteiger partial charge is 0.226 e. The fraction of sp³-hybridized carbons (Fsp3) is 0.333. The molecule has 7 heteroatoms. The number of benzene rings is 2. The lowest BCUT2D eigenvalue weighted by Gasteiger charge is -2.24. The SMILES string of the molecule is CC(C)(C)n1nc2c(c1NC(=O)CC(c1ccccc1)c1ccccc1)CS(=O)(=O)C2. The summed E-state index contributed by atoms with van der Waals surface area (Å²) in [6, 6.07) is 19.9. The molecule has 0 spiro atoms. The Morgan fingerprint density at radius 1 is 1.00 bits per heavy atom. The second-order valence-electron chi connectivity index (χ2n) is 9.01. The molecule has 1 aromatic heterocycles. The van der Waals surface area contributed by atoms with E-state index in [1.54, 1.807) is 4.68 Å². The van der Waals surface area contributed by atoms with E-state index in [1.165, 1.54) is 0 Å². The van der Waals surface area contributed by atoms with Crippen LogP contribution in [0.25, 0.3) is 0 Å². The van der Waals surface area contributed by atoms with Crippen LogP contribution in [0.15, 0.2) is 60.7 Å². The number of sulfone groups is 1. The lowest BCUT2D eigenvalue weighted by molar-refractivity contribution is -0.116. The highest BCUT2D eigenvalue weighted by Gasteiger charge is 2.35. The van der Waals surface area contributed by atoms with Crippen molar-refractivity contribution < 1.29 is 13.2 Å². The van der Waals surface area contributed by atoms with E-state index in [9.17, 15) is 13.2 Å². The third-order valence-electron chi connectivity index (χ3n) is 5.47. The van der Waals surface area contributed by atoms with E-state index in [4.69, 9.17) is 0 Å². The molecule has 2 heterocycles. The lowest BCUT2D eigenvalue weighted by Crippen LogP contribution is -2.28. The van der Waals surface area contributed by atoms with Gasteiger partial charge in [-0.1, -0.05) is 60.7 Å². The largest absolute Gasteiger partial charge is 0.311 e. The van der Waals surface area contributed by atoms with Crippen molar-refractivity contribution in [2.45, 2.75) is 50.2 Å². The van der Waals surface area contributed by atoms with Gasteiger partial charge in [0.05, 0.1) is 22.7 Å². The van der Waals surface area contributed by atoms with Crippen molar-refractivity contribution in [3.8, 4) is 0 Å². The molecule has 0 radical (unpaired) electrons. The molecule has 162 valence electrons. The number of rotatable bonds is 5. The molecule has 31 heavy (non-hydrogen) atoms. The Labute approximate surface area is 183 Å². The molecule has 4 rings (SSSR count). The number of nitrogens with zero attached hydrogens (tertiary/aromatic N) is 2. The number of hydrogen-bond acceptors (Lipinski definition) is 4. The third kappa shape index (κ3) is 4.56. The molecule has 1 aliphatic heterocycles. The first-order valence-electron chi connectivity index (χ1n) is 10.4. The highest BCUT2D eigenvalue weighted by atomic mass is 32.2. The number of anilines is 1. The van der Waals surface area contributed by atoms with E-state index in [0.717, 1.165) is 11.1 Å². The van der Waals surface area contributed by atoms with Gasteiger partial charge in [-0.25, -0.2) is 13.1 Å². The Bertz CT molecular complexity index is 1150. The maximum atomic E-state index is 13.2. The lowest BCUT2D eigenvalue weighted by atomic mass is 9.88. The van der Waals surface area contributed by atoms with Gasteiger partial charge in [-0.2, -0.15) is 5.10 Å². The summed E-state index contributed by atoms with van der Waals surface area (Å²) in [5.41, 5.74) is 2.86. The van der Waals surface area contributed by atoms with Gasteiger partial charge in [-0.15, -0.1) is 0 Å². The molecule has 0 bridgehead atoms. The van der Waals surface area contributed by atoms with E-state index in [0.29, 0.717) is 17.1 Å². The second-order valence-corrected chi connectivity index (χ2v) is 11.1. The van der Waals surface area contributed by atoms with E-state index in [1.807, 2.05) is 81.4 Å². The standard InChI is InChI=1S/C24H27N3O3S/c1-24(2,3)27-23(20-15-31(29,30)16-21(20)26-27)25-22(28)14-19(17-10-6-4-7-11-17)18-12-8-5-9-13-18/h4-13,19H,14-16H2,1-3H3,(H,25,28). The molecule has 0 unspecified atom stereocenters. The summed E-state index contributed by atoms with van der Waals surface area (Å²) in [6.45, 7) is 5.95. The van der Waals surface area contributed by atoms with Crippen LogP contribution in [-0.4, -0.2) is 24.1 Å². The zero-order valence-electron chi connectivity index (χ0n) is 18.0. The Hall–Kier alpha value is -2.93. The van der Waals surface area contributed by atoms with E-state index >= 15 is 0 Å². The molecule has 1 aliphatic rings. The highest BCUT2D eigenvalue weighted by Crippen LogP contribution is 2.35. The molecule has 1 amide bonds. The van der Waals surface area contributed by atoms with E-state index in [2.05, 4.69) is 10.4 Å². The van der Waals surface area contributed by atoms with Crippen molar-refractivity contribution in [1.82, 2.24) is 9.78 Å². The first kappa shape index (κ1) is 21.3. The van der Waals surface area contributed by atoms with Crippen molar-refractivity contribution in [1.29, 1.82) is 0 Å². The first-order chi connectivity index (χ1) is 14.6. The Morgan fingerprint density at radius 2 is 1.55 bits per heavy atom. The number of amides is 1. The van der Waals surface area contributed by atoms with E-state index in [-0.39, 0.29) is 29.8 Å². The van der Waals surface area contributed by atoms with Crippen molar-refractivity contribution in [3.63, 3.8) is 0 Å². The zero-order valence-corrected chi connectivity index (χ0v) is 18.8. The number of carbonyl (C=O) groups is 1. The number of nitrogens with one attached hydrogen (secondary N) is 1. The quantitative estimate of drug-likeness (QED) is 0.648. The topological polar surface area (TPSA) is 81.1 Å². The Morgan fingerprint density at radius 3 is 2.06 bits per heavy atom. The molecule has 3 aromatic rings. The minimum Gasteiger partial charge on any atom is -0.311 e. The molecule has 0 saturated heterocycles. The maximum Gasteiger partial charge on any atom is 0.226 e. The summed E-state index contributed by atoms with van der Waals surface area (Å²) in [4.78, 5) is 13.2. The van der Waals surface area contributed by atoms with E-state index < -0.39 is 15.4 Å². The summed E-state index contributed by atoms with van der Waals surface area (Å²) in [6.07, 6.45) is 0.241. The average molecular weight is 438 g/mol. The van der Waals surface area contributed by atoms with Crippen LogP contribution in [0, 0.1) is 0 Å². The fourth-order valence-corrected chi connectivity index (χ4v) is 5.52. The predicted octanol–water partition coefficient (Wildman–Crippen LogP) is 4.23. The fourth-order valence-electron chi connectivity index (χ4n) is 4.02. The van der Waals surface area contributed by atoms with Gasteiger partial charge in [0, 0.05) is 17.9 Å². The molecule has 0 fully saturated rings. The van der Waals surface area contributed by atoms with Gasteiger partial charge in [-0.3, -0.25) is 4.79 Å². The van der Waals surface area contributed by atoms with Gasteiger partial charge in [0.25, 0.3) is 0 Å². The van der Waals surface area contributed by atoms with Crippen LogP contribution < -0.4 is 5.32 Å². The van der Waals surface area contributed by atoms with Crippen LogP contribution in [0.4, 0.5) is 5.82 Å². The molecular formula is C24H27N3O3S. The summed E-state index contributed by atoms with van der Waals surface area (Å²) in [5, 5.41) is 7.53. The monoisotopic (exact) mass is 437 g/mol. The van der Waals surface area contributed by atoms with Crippen molar-refractivity contribution in [2.75, 3.05) is 5.32 Å². The van der Waals surface area contributed by atoms with Gasteiger partial charge in [0.15, 0.2) is 9.84 Å². The molecule has 2 aromatic carbocycles. The molecule has 0 saturated carbocycles. The van der Waals surface area contributed by atoms with Gasteiger partial charge in [-0.05, 0) is 31.9 Å². The summed E-state index contributed by atoms with van der Waals surface area (Å²) in [7, 11) is -3.22. The molecule has 1 N–H and O–H groups in total. The van der Waals surface area contributed by atoms with Gasteiger partial charge in [0.2, 0.25) is 5.91 Å². The van der Waals surface area contributed by atoms with Crippen LogP contribution in [-0.2, 0) is 31.7 Å². The predicted molar refractivity (Wildman–Crippen MR) is 122 cm³/mol. The van der Waals surface area contributed by atoms with Crippen LogP contribution in [0.3, 0.4) is 0 Å². The van der Waals surface area contributed by atoms with Crippen LogP contribution in [0.5, 0.6) is 0 Å². The van der Waals surface area contributed by atoms with Gasteiger partial charge in [0.1, 0.15) is 5.82 Å². The summed E-state index contributed by atoms with van der Waals surface area (Å²) in [5.74, 6) is 0.0496. The van der Waals surface area contributed by atoms with Crippen molar-refractivity contribution in [2.24, 2.45) is 0 Å². The second kappa shape index (κ2) is 7.96. The van der Waals surface area contributed by atoms with Crippen molar-refractivity contribution in [3.05, 3.63) is 83.0 Å². The number of aromatic nitrogens is 2. The maximum absolute atomic E-state index is 13.2. The van der Waals surface area contributed by atoms with Gasteiger partial charge >= 0.3 is 0 Å². The summed E-state index contributed by atoms with van der Waals surface area (Å²) >= 11 is 0. The zero-order chi connectivity index (χ0) is 22.2. The number of fused-ring (bicyclic) bond motifs is 1. The average Bonchev–Trinajstić information content (AvgIpc) is 3.20.